The van der Waals surface area contributed by atoms with E-state index in [0.29, 0.717) is 0 Å². The van der Waals surface area contributed by atoms with Gasteiger partial charge in [0.05, 0.1) is 0 Å². The first-order valence-corrected chi connectivity index (χ1v) is 15.3. The van der Waals surface area contributed by atoms with E-state index in [1.165, 1.54) is 22.3 Å². The van der Waals surface area contributed by atoms with Crippen LogP contribution in [0.5, 0.6) is 0 Å². The summed E-state index contributed by atoms with van der Waals surface area (Å²) in [4.78, 5) is 0. The van der Waals surface area contributed by atoms with Crippen LogP contribution >= 0.6 is 18.6 Å². The number of fused-ring (bicyclic) bond motifs is 3. The van der Waals surface area contributed by atoms with Gasteiger partial charge < -0.3 is 0 Å². The van der Waals surface area contributed by atoms with Crippen LogP contribution in [0.3, 0.4) is 0 Å². The van der Waals surface area contributed by atoms with Crippen LogP contribution in [0.25, 0.3) is 11.1 Å². The average molecular weight is 342 g/mol. The zero-order valence-corrected chi connectivity index (χ0v) is 15.1. The Morgan fingerprint density at radius 1 is 1.05 bits per heavy atom. The minimum Gasteiger partial charge on any atom is -0.179 e. The van der Waals surface area contributed by atoms with Crippen molar-refractivity contribution in [3.05, 3.63) is 59.7 Å². The molecule has 98 valence electrons. The molecular formula is C15H15Cl2SiTi-. The molecule has 0 spiro atoms. The van der Waals surface area contributed by atoms with Crippen molar-refractivity contribution in [3.63, 3.8) is 0 Å². The van der Waals surface area contributed by atoms with Gasteiger partial charge in [0.25, 0.3) is 0 Å². The Bertz CT molecular complexity index is 562. The van der Waals surface area contributed by atoms with E-state index in [1.807, 2.05) is 6.07 Å². The standard InChI is InChI=1S/C13H9.C2H6Si.2ClH.Ti/c1-3-7-12-10(5-1)9-11-6-2-4-8-13(11)12;1-3-2;;;/h1-5,7-8H,9H2;1-2H3;2*1H;/q-1;;;;+2/p-2. The van der Waals surface area contributed by atoms with Crippen molar-refractivity contribution in [1.82, 2.24) is 0 Å². The second-order valence-corrected chi connectivity index (χ2v) is 20.7. The molecule has 0 radical (unpaired) electrons. The summed E-state index contributed by atoms with van der Waals surface area (Å²) >= 11 is -1.42. The normalized spacial score (nSPS) is 10.9. The molecule has 0 aromatic heterocycles. The molecule has 0 saturated carbocycles. The SMILES string of the molecule is C[Si](C)=[Ti]([Cl])[Cl].[c-]1cccc2c1Cc1ccccc1-2. The molecule has 1 aliphatic carbocycles. The Morgan fingerprint density at radius 2 is 1.68 bits per heavy atom. The van der Waals surface area contributed by atoms with Gasteiger partial charge in [-0.25, -0.2) is 0 Å². The predicted octanol–water partition coefficient (Wildman–Crippen LogP) is 5.22. The van der Waals surface area contributed by atoms with E-state index in [-0.39, 0.29) is 6.19 Å². The largest absolute Gasteiger partial charge is 0.179 e. The third-order valence-corrected chi connectivity index (χ3v) is 16.6. The molecule has 0 fully saturated rings. The van der Waals surface area contributed by atoms with Crippen LogP contribution in [-0.4, -0.2) is 6.19 Å². The van der Waals surface area contributed by atoms with E-state index in [1.54, 1.807) is 0 Å². The summed E-state index contributed by atoms with van der Waals surface area (Å²) in [5.74, 6) is 0. The Morgan fingerprint density at radius 3 is 2.37 bits per heavy atom. The van der Waals surface area contributed by atoms with Crippen LogP contribution in [-0.2, 0) is 20.9 Å². The van der Waals surface area contributed by atoms with Crippen LogP contribution in [0.4, 0.5) is 0 Å². The van der Waals surface area contributed by atoms with Gasteiger partial charge in [-0.2, -0.15) is 29.8 Å². The maximum Gasteiger partial charge on any atom is -0.0253 e. The van der Waals surface area contributed by atoms with Crippen molar-refractivity contribution >= 4 is 24.8 Å². The molecule has 19 heavy (non-hydrogen) atoms. The predicted molar refractivity (Wildman–Crippen MR) is 82.7 cm³/mol. The maximum atomic E-state index is 5.59. The van der Waals surface area contributed by atoms with Gasteiger partial charge in [-0.15, -0.1) is 5.56 Å². The van der Waals surface area contributed by atoms with Gasteiger partial charge >= 0.3 is 52.4 Å². The fraction of sp³-hybridized carbons (Fsp3) is 0.200. The molecule has 3 rings (SSSR count). The minimum absolute atomic E-state index is 0.254. The molecule has 2 aromatic carbocycles. The van der Waals surface area contributed by atoms with Crippen LogP contribution < -0.4 is 0 Å². The number of rotatable bonds is 0. The summed E-state index contributed by atoms with van der Waals surface area (Å²) in [7, 11) is 11.2. The van der Waals surface area contributed by atoms with Crippen molar-refractivity contribution < 1.29 is 14.5 Å². The van der Waals surface area contributed by atoms with E-state index in [0.717, 1.165) is 6.42 Å². The molecular weight excluding hydrogens is 327 g/mol. The van der Waals surface area contributed by atoms with E-state index in [2.05, 4.69) is 55.6 Å². The molecule has 0 aliphatic heterocycles. The van der Waals surface area contributed by atoms with Crippen molar-refractivity contribution in [2.24, 2.45) is 0 Å². The monoisotopic (exact) mass is 341 g/mol. The summed E-state index contributed by atoms with van der Waals surface area (Å²) in [6.45, 7) is 4.31. The fourth-order valence-corrected chi connectivity index (χ4v) is 2.00. The molecule has 0 amide bonds. The molecule has 0 unspecified atom stereocenters. The summed E-state index contributed by atoms with van der Waals surface area (Å²) in [6.07, 6.45) is 0.794. The first-order valence-electron chi connectivity index (χ1n) is 6.16. The van der Waals surface area contributed by atoms with Crippen LogP contribution in [0.1, 0.15) is 11.1 Å². The van der Waals surface area contributed by atoms with Crippen molar-refractivity contribution in [3.8, 4) is 11.1 Å². The van der Waals surface area contributed by atoms with Crippen molar-refractivity contribution in [2.75, 3.05) is 0 Å². The third kappa shape index (κ3) is 3.96. The maximum absolute atomic E-state index is 5.59. The summed E-state index contributed by atoms with van der Waals surface area (Å²) in [6, 6.07) is 18.1. The Kier molecular flexibility index (Phi) is 5.73. The molecule has 1 aliphatic rings. The summed E-state index contributed by atoms with van der Waals surface area (Å²) in [5.41, 5.74) is 5.51. The van der Waals surface area contributed by atoms with Crippen molar-refractivity contribution in [1.29, 1.82) is 0 Å². The van der Waals surface area contributed by atoms with Crippen molar-refractivity contribution in [2.45, 2.75) is 19.5 Å². The molecule has 0 bridgehead atoms. The smallest absolute Gasteiger partial charge is 0.0253 e. The zero-order valence-electron chi connectivity index (χ0n) is 11.0. The van der Waals surface area contributed by atoms with Gasteiger partial charge in [0.1, 0.15) is 0 Å². The summed E-state index contributed by atoms with van der Waals surface area (Å²) in [5, 5.41) is 0. The molecule has 0 heterocycles. The molecule has 0 atom stereocenters. The van der Waals surface area contributed by atoms with Crippen LogP contribution in [0.2, 0.25) is 13.1 Å². The number of hydrogen-bond donors (Lipinski definition) is 0. The first kappa shape index (κ1) is 15.3. The Balaban J connectivity index is 0.000000192. The minimum atomic E-state index is -1.42. The Labute approximate surface area is 129 Å². The van der Waals surface area contributed by atoms with Crippen LogP contribution in [0.15, 0.2) is 42.5 Å². The van der Waals surface area contributed by atoms with Gasteiger partial charge in [-0.05, 0) is 6.42 Å². The molecule has 2 aromatic rings. The zero-order chi connectivity index (χ0) is 13.8. The Hall–Kier alpha value is -0.0488. The first-order chi connectivity index (χ1) is 9.09. The summed E-state index contributed by atoms with van der Waals surface area (Å²) < 4.78 is 0. The van der Waals surface area contributed by atoms with E-state index in [9.17, 15) is 0 Å². The average Bonchev–Trinajstić information content (AvgIpc) is 2.78. The molecule has 0 nitrogen and oxygen atoms in total. The van der Waals surface area contributed by atoms with Gasteiger partial charge in [0, 0.05) is 0 Å². The van der Waals surface area contributed by atoms with E-state index < -0.39 is 14.5 Å². The molecule has 0 N–H and O–H groups in total. The second kappa shape index (κ2) is 7.10. The number of benzene rings is 2. The fourth-order valence-electron chi connectivity index (χ4n) is 2.00. The van der Waals surface area contributed by atoms with E-state index in [4.69, 9.17) is 18.6 Å². The number of hydrogen-bond acceptors (Lipinski definition) is 0. The van der Waals surface area contributed by atoms with Gasteiger partial charge in [0.15, 0.2) is 0 Å². The van der Waals surface area contributed by atoms with Crippen LogP contribution in [0, 0.1) is 6.07 Å². The van der Waals surface area contributed by atoms with Gasteiger partial charge in [-0.1, -0.05) is 35.4 Å². The van der Waals surface area contributed by atoms with Gasteiger partial charge in [-0.3, -0.25) is 0 Å². The second-order valence-electron chi connectivity index (χ2n) is 4.66. The molecule has 4 heteroatoms. The molecule has 0 saturated heterocycles. The topological polar surface area (TPSA) is 0 Å². The van der Waals surface area contributed by atoms with Gasteiger partial charge in [0.2, 0.25) is 0 Å². The quantitative estimate of drug-likeness (QED) is 0.388. The number of halogens is 2. The van der Waals surface area contributed by atoms with E-state index >= 15 is 0 Å². The third-order valence-electron chi connectivity index (χ3n) is 2.99.